The number of carbonyl (C=O) groups excluding carboxylic acids is 1. The van der Waals surface area contributed by atoms with Crippen molar-refractivity contribution in [2.24, 2.45) is 0 Å². The van der Waals surface area contributed by atoms with Gasteiger partial charge in [0.2, 0.25) is 5.91 Å². The lowest BCUT2D eigenvalue weighted by molar-refractivity contribution is -0.122. The van der Waals surface area contributed by atoms with Crippen molar-refractivity contribution in [2.45, 2.75) is 26.4 Å². The topological polar surface area (TPSA) is 81.3 Å². The molecule has 2 aromatic carbocycles. The van der Waals surface area contributed by atoms with Crippen LogP contribution < -0.4 is 10.9 Å². The van der Waals surface area contributed by atoms with Crippen molar-refractivity contribution in [3.63, 3.8) is 0 Å². The molecule has 2 heterocycles. The Bertz CT molecular complexity index is 1260. The molecule has 0 saturated heterocycles. The first-order chi connectivity index (χ1) is 14.5. The third-order valence-corrected chi connectivity index (χ3v) is 5.24. The van der Waals surface area contributed by atoms with E-state index in [4.69, 9.17) is 11.6 Å². The Balaban J connectivity index is 1.52. The number of aryl methyl sites for hydroxylation is 1. The maximum absolute atomic E-state index is 12.8. The highest BCUT2D eigenvalue weighted by molar-refractivity contribution is 6.31. The minimum Gasteiger partial charge on any atom is -0.350 e. The summed E-state index contributed by atoms with van der Waals surface area (Å²) < 4.78 is 2.56. The van der Waals surface area contributed by atoms with Gasteiger partial charge in [-0.3, -0.25) is 9.59 Å². The lowest BCUT2D eigenvalue weighted by Crippen LogP contribution is -2.34. The Morgan fingerprint density at radius 1 is 1.13 bits per heavy atom. The Labute approximate surface area is 177 Å². The molecule has 1 amide bonds. The summed E-state index contributed by atoms with van der Waals surface area (Å²) in [6.07, 6.45) is 2.39. The van der Waals surface area contributed by atoms with E-state index in [9.17, 15) is 9.59 Å². The van der Waals surface area contributed by atoms with E-state index in [-0.39, 0.29) is 24.6 Å². The zero-order valence-corrected chi connectivity index (χ0v) is 17.1. The molecular weight excluding hydrogens is 402 g/mol. The predicted octanol–water partition coefficient (Wildman–Crippen LogP) is 3.09. The molecule has 4 aromatic rings. The first kappa shape index (κ1) is 19.8. The van der Waals surface area contributed by atoms with E-state index in [0.29, 0.717) is 16.2 Å². The van der Waals surface area contributed by atoms with Gasteiger partial charge in [0.25, 0.3) is 5.56 Å². The van der Waals surface area contributed by atoms with E-state index >= 15 is 0 Å². The summed E-state index contributed by atoms with van der Waals surface area (Å²) in [4.78, 5) is 25.1. The first-order valence-corrected chi connectivity index (χ1v) is 9.98. The summed E-state index contributed by atoms with van der Waals surface area (Å²) in [7, 11) is 0. The average Bonchev–Trinajstić information content (AvgIpc) is 3.20. The molecule has 2 aromatic heterocycles. The molecule has 30 heavy (non-hydrogen) atoms. The molecule has 0 atom stereocenters. The largest absolute Gasteiger partial charge is 0.350 e. The highest BCUT2D eigenvalue weighted by Gasteiger charge is 2.12. The summed E-state index contributed by atoms with van der Waals surface area (Å²) in [6.45, 7) is 2.18. The lowest BCUT2D eigenvalue weighted by atomic mass is 10.1. The smallest absolute Gasteiger partial charge is 0.293 e. The number of hydrogen-bond donors (Lipinski definition) is 1. The molecule has 4 rings (SSSR count). The summed E-state index contributed by atoms with van der Waals surface area (Å²) in [5.41, 5.74) is 3.61. The average molecular weight is 422 g/mol. The minimum atomic E-state index is -0.380. The monoisotopic (exact) mass is 421 g/mol. The molecule has 0 bridgehead atoms. The van der Waals surface area contributed by atoms with Gasteiger partial charge in [0.15, 0.2) is 0 Å². The van der Waals surface area contributed by atoms with Crippen LogP contribution in [0.15, 0.2) is 65.7 Å². The number of hydrogen-bond acceptors (Lipinski definition) is 4. The molecule has 7 nitrogen and oxygen atoms in total. The number of nitrogens with zero attached hydrogens (tertiary/aromatic N) is 4. The predicted molar refractivity (Wildman–Crippen MR) is 115 cm³/mol. The van der Waals surface area contributed by atoms with Crippen molar-refractivity contribution in [1.29, 1.82) is 0 Å². The van der Waals surface area contributed by atoms with Crippen LogP contribution in [-0.4, -0.2) is 25.3 Å². The Morgan fingerprint density at radius 2 is 1.90 bits per heavy atom. The molecule has 0 aliphatic carbocycles. The van der Waals surface area contributed by atoms with Crippen LogP contribution in [0.1, 0.15) is 18.1 Å². The van der Waals surface area contributed by atoms with Crippen LogP contribution in [0.3, 0.4) is 0 Å². The molecule has 1 N–H and O–H groups in total. The highest BCUT2D eigenvalue weighted by atomic mass is 35.5. The zero-order chi connectivity index (χ0) is 21.1. The first-order valence-electron chi connectivity index (χ1n) is 9.60. The second-order valence-corrected chi connectivity index (χ2v) is 7.28. The maximum Gasteiger partial charge on any atom is 0.293 e. The van der Waals surface area contributed by atoms with Gasteiger partial charge in [-0.25, -0.2) is 9.20 Å². The van der Waals surface area contributed by atoms with Gasteiger partial charge in [0, 0.05) is 17.1 Å². The number of carbonyl (C=O) groups is 1. The van der Waals surface area contributed by atoms with Crippen LogP contribution in [0, 0.1) is 0 Å². The standard InChI is InChI=1S/C22H20ClN5O2/c1-2-15-7-9-16(10-8-15)19-11-20-22(30)27(25-14-28(20)26-19)13-21(29)24-12-17-5-3-4-6-18(17)23/h3-11,14H,2,12-13H2,1H3,(H,24,29). The van der Waals surface area contributed by atoms with Gasteiger partial charge in [-0.05, 0) is 29.7 Å². The third kappa shape index (κ3) is 4.11. The van der Waals surface area contributed by atoms with Crippen molar-refractivity contribution >= 4 is 23.0 Å². The van der Waals surface area contributed by atoms with E-state index in [0.717, 1.165) is 22.2 Å². The number of halogens is 1. The molecule has 0 saturated carbocycles. The van der Waals surface area contributed by atoms with E-state index in [1.165, 1.54) is 16.4 Å². The number of amides is 1. The molecule has 8 heteroatoms. The molecular formula is C22H20ClN5O2. The van der Waals surface area contributed by atoms with Crippen LogP contribution in [-0.2, 0) is 24.3 Å². The van der Waals surface area contributed by atoms with Crippen molar-refractivity contribution in [3.8, 4) is 11.3 Å². The van der Waals surface area contributed by atoms with E-state index in [1.54, 1.807) is 12.1 Å². The summed E-state index contributed by atoms with van der Waals surface area (Å²) in [5, 5.41) is 11.8. The molecule has 0 radical (unpaired) electrons. The van der Waals surface area contributed by atoms with Crippen molar-refractivity contribution in [3.05, 3.63) is 87.4 Å². The van der Waals surface area contributed by atoms with Gasteiger partial charge in [-0.15, -0.1) is 0 Å². The van der Waals surface area contributed by atoms with Gasteiger partial charge in [-0.2, -0.15) is 10.2 Å². The van der Waals surface area contributed by atoms with Crippen LogP contribution in [0.5, 0.6) is 0 Å². The Kier molecular flexibility index (Phi) is 5.63. The number of aromatic nitrogens is 4. The van der Waals surface area contributed by atoms with Crippen LogP contribution in [0.4, 0.5) is 0 Å². The lowest BCUT2D eigenvalue weighted by Gasteiger charge is -2.08. The molecule has 152 valence electrons. The SMILES string of the molecule is CCc1ccc(-c2cc3c(=O)n(CC(=O)NCc4ccccc4Cl)ncn3n2)cc1. The molecule has 0 aliphatic rings. The molecule has 0 fully saturated rings. The molecule has 0 spiro atoms. The quantitative estimate of drug-likeness (QED) is 0.518. The van der Waals surface area contributed by atoms with E-state index in [1.807, 2.05) is 42.5 Å². The van der Waals surface area contributed by atoms with Gasteiger partial charge < -0.3 is 5.32 Å². The van der Waals surface area contributed by atoms with Gasteiger partial charge in [0.1, 0.15) is 18.4 Å². The van der Waals surface area contributed by atoms with Crippen LogP contribution in [0.2, 0.25) is 5.02 Å². The van der Waals surface area contributed by atoms with Crippen molar-refractivity contribution in [2.75, 3.05) is 0 Å². The third-order valence-electron chi connectivity index (χ3n) is 4.87. The fourth-order valence-electron chi connectivity index (χ4n) is 3.13. The summed E-state index contributed by atoms with van der Waals surface area (Å²) in [5.74, 6) is -0.330. The van der Waals surface area contributed by atoms with Gasteiger partial charge >= 0.3 is 0 Å². The fraction of sp³-hybridized carbons (Fsp3) is 0.182. The van der Waals surface area contributed by atoms with Crippen LogP contribution in [0.25, 0.3) is 16.8 Å². The summed E-state index contributed by atoms with van der Waals surface area (Å²) in [6, 6.07) is 17.0. The zero-order valence-electron chi connectivity index (χ0n) is 16.4. The number of fused-ring (bicyclic) bond motifs is 1. The Morgan fingerprint density at radius 3 is 2.63 bits per heavy atom. The maximum atomic E-state index is 12.8. The number of nitrogens with one attached hydrogen (secondary N) is 1. The van der Waals surface area contributed by atoms with Gasteiger partial charge in [0.05, 0.1) is 5.69 Å². The number of rotatable bonds is 6. The molecule has 0 aliphatic heterocycles. The second-order valence-electron chi connectivity index (χ2n) is 6.87. The van der Waals surface area contributed by atoms with E-state index in [2.05, 4.69) is 22.4 Å². The second kappa shape index (κ2) is 8.51. The number of benzene rings is 2. The minimum absolute atomic E-state index is 0.189. The summed E-state index contributed by atoms with van der Waals surface area (Å²) >= 11 is 6.10. The molecule has 0 unspecified atom stereocenters. The van der Waals surface area contributed by atoms with Crippen molar-refractivity contribution < 1.29 is 4.79 Å². The normalized spacial score (nSPS) is 11.0. The highest BCUT2D eigenvalue weighted by Crippen LogP contribution is 2.19. The fourth-order valence-corrected chi connectivity index (χ4v) is 3.33. The van der Waals surface area contributed by atoms with Crippen molar-refractivity contribution in [1.82, 2.24) is 24.7 Å². The Hall–Kier alpha value is -3.45. The van der Waals surface area contributed by atoms with Gasteiger partial charge in [-0.1, -0.05) is 61.0 Å². The van der Waals surface area contributed by atoms with Crippen LogP contribution >= 0.6 is 11.6 Å². The van der Waals surface area contributed by atoms with E-state index < -0.39 is 0 Å².